The molecule has 0 radical (unpaired) electrons. The van der Waals surface area contributed by atoms with E-state index in [0.29, 0.717) is 0 Å². The highest BCUT2D eigenvalue weighted by Crippen LogP contribution is 2.18. The molecule has 0 bridgehead atoms. The van der Waals surface area contributed by atoms with Gasteiger partial charge in [-0.15, -0.1) is 0 Å². The van der Waals surface area contributed by atoms with E-state index in [9.17, 15) is 12.8 Å². The fraction of sp³-hybridized carbons (Fsp3) is 0.250. The van der Waals surface area contributed by atoms with Crippen molar-refractivity contribution < 1.29 is 17.4 Å². The summed E-state index contributed by atoms with van der Waals surface area (Å²) in [5, 5.41) is -0.0576. The van der Waals surface area contributed by atoms with Gasteiger partial charge < -0.3 is 0 Å². The molecule has 0 spiro atoms. The van der Waals surface area contributed by atoms with E-state index in [2.05, 4.69) is 0 Å². The second-order valence-electron chi connectivity index (χ2n) is 2.75. The van der Waals surface area contributed by atoms with Crippen molar-refractivity contribution in [3.63, 3.8) is 0 Å². The van der Waals surface area contributed by atoms with Gasteiger partial charge in [-0.1, -0.05) is 23.7 Å². The van der Waals surface area contributed by atoms with Crippen LogP contribution in [0.1, 0.15) is 5.56 Å². The molecular weight excluding hydrogens is 231 g/mol. The lowest BCUT2D eigenvalue weighted by Crippen LogP contribution is -2.07. The Bertz CT molecular complexity index is 430. The van der Waals surface area contributed by atoms with Gasteiger partial charge in [0.1, 0.15) is 5.82 Å². The summed E-state index contributed by atoms with van der Waals surface area (Å²) in [5.74, 6) is -1.15. The molecule has 0 heterocycles. The number of hydrogen-bond donors (Lipinski definition) is 1. The fourth-order valence-electron chi connectivity index (χ4n) is 0.980. The summed E-state index contributed by atoms with van der Waals surface area (Å²) in [6.45, 7) is 0. The molecule has 0 unspecified atom stereocenters. The molecule has 6 heteroatoms. The number of hydrogen-bond acceptors (Lipinski definition) is 2. The smallest absolute Gasteiger partial charge is 0.265 e. The van der Waals surface area contributed by atoms with Crippen LogP contribution < -0.4 is 0 Å². The van der Waals surface area contributed by atoms with Gasteiger partial charge >= 0.3 is 0 Å². The molecule has 1 aromatic carbocycles. The molecule has 0 atom stereocenters. The first-order valence-corrected chi connectivity index (χ1v) is 5.77. The Morgan fingerprint density at radius 1 is 1.43 bits per heavy atom. The Morgan fingerprint density at radius 3 is 2.64 bits per heavy atom. The van der Waals surface area contributed by atoms with E-state index in [1.54, 1.807) is 0 Å². The molecule has 1 N–H and O–H groups in total. The third-order valence-corrected chi connectivity index (χ3v) is 2.67. The highest BCUT2D eigenvalue weighted by Gasteiger charge is 2.10. The minimum atomic E-state index is -4.06. The average Bonchev–Trinajstić information content (AvgIpc) is 2.06. The second kappa shape index (κ2) is 4.25. The zero-order valence-electron chi connectivity index (χ0n) is 7.07. The van der Waals surface area contributed by atoms with Crippen LogP contribution in [-0.4, -0.2) is 18.7 Å². The first kappa shape index (κ1) is 11.4. The zero-order valence-corrected chi connectivity index (χ0v) is 8.65. The van der Waals surface area contributed by atoms with Crippen molar-refractivity contribution in [3.8, 4) is 0 Å². The third kappa shape index (κ3) is 3.25. The van der Waals surface area contributed by atoms with Crippen molar-refractivity contribution in [3.05, 3.63) is 34.6 Å². The lowest BCUT2D eigenvalue weighted by atomic mass is 10.1. The van der Waals surface area contributed by atoms with Gasteiger partial charge in [-0.05, 0) is 18.1 Å². The summed E-state index contributed by atoms with van der Waals surface area (Å²) >= 11 is 5.48. The van der Waals surface area contributed by atoms with Gasteiger partial charge in [0.2, 0.25) is 0 Å². The van der Waals surface area contributed by atoms with Crippen LogP contribution >= 0.6 is 11.6 Å². The predicted octanol–water partition coefficient (Wildman–Crippen LogP) is 1.91. The predicted molar refractivity (Wildman–Crippen MR) is 51.5 cm³/mol. The molecule has 0 aliphatic carbocycles. The Labute approximate surface area is 86.3 Å². The molecule has 3 nitrogen and oxygen atoms in total. The fourth-order valence-corrected chi connectivity index (χ4v) is 1.65. The maximum Gasteiger partial charge on any atom is 0.265 e. The van der Waals surface area contributed by atoms with Crippen LogP contribution in [0.5, 0.6) is 0 Å². The maximum absolute atomic E-state index is 13.2. The van der Waals surface area contributed by atoms with E-state index in [0.717, 1.165) is 0 Å². The third-order valence-electron chi connectivity index (χ3n) is 1.66. The molecule has 1 aromatic rings. The molecule has 0 aliphatic heterocycles. The summed E-state index contributed by atoms with van der Waals surface area (Å²) in [5.41, 5.74) is 0.176. The van der Waals surface area contributed by atoms with E-state index in [-0.39, 0.29) is 17.0 Å². The van der Waals surface area contributed by atoms with Crippen LogP contribution in [0.4, 0.5) is 4.39 Å². The van der Waals surface area contributed by atoms with Crippen molar-refractivity contribution in [2.24, 2.45) is 0 Å². The van der Waals surface area contributed by atoms with Gasteiger partial charge in [-0.2, -0.15) is 8.42 Å². The van der Waals surface area contributed by atoms with Crippen molar-refractivity contribution in [1.82, 2.24) is 0 Å². The van der Waals surface area contributed by atoms with Gasteiger partial charge in [-0.25, -0.2) is 4.39 Å². The topological polar surface area (TPSA) is 54.4 Å². The average molecular weight is 239 g/mol. The monoisotopic (exact) mass is 238 g/mol. The zero-order chi connectivity index (χ0) is 10.8. The summed E-state index contributed by atoms with van der Waals surface area (Å²) in [4.78, 5) is 0. The molecule has 78 valence electrons. The molecular formula is C8H8ClFO3S. The van der Waals surface area contributed by atoms with Crippen LogP contribution in [-0.2, 0) is 16.5 Å². The molecule has 0 aliphatic rings. The molecule has 0 amide bonds. The van der Waals surface area contributed by atoms with Crippen LogP contribution in [0, 0.1) is 5.82 Å². The Morgan fingerprint density at radius 2 is 2.07 bits per heavy atom. The summed E-state index contributed by atoms with van der Waals surface area (Å²) in [6.07, 6.45) is -0.0920. The Balaban J connectivity index is 2.83. The lowest BCUT2D eigenvalue weighted by Gasteiger charge is -2.02. The highest BCUT2D eigenvalue weighted by molar-refractivity contribution is 7.85. The number of rotatable bonds is 3. The lowest BCUT2D eigenvalue weighted by molar-refractivity contribution is 0.482. The standard InChI is InChI=1S/C8H8ClFO3S/c9-7-3-1-2-6(8(7)10)4-5-14(11,12)13/h1-3H,4-5H2,(H,11,12,13). The van der Waals surface area contributed by atoms with Gasteiger partial charge in [0.05, 0.1) is 10.8 Å². The van der Waals surface area contributed by atoms with E-state index < -0.39 is 21.7 Å². The second-order valence-corrected chi connectivity index (χ2v) is 4.73. The minimum Gasteiger partial charge on any atom is -0.286 e. The van der Waals surface area contributed by atoms with Gasteiger partial charge in [0.15, 0.2) is 0 Å². The quantitative estimate of drug-likeness (QED) is 0.819. The van der Waals surface area contributed by atoms with Crippen LogP contribution in [0.2, 0.25) is 5.02 Å². The van der Waals surface area contributed by atoms with Crippen LogP contribution in [0.15, 0.2) is 18.2 Å². The van der Waals surface area contributed by atoms with Gasteiger partial charge in [0.25, 0.3) is 10.1 Å². The van der Waals surface area contributed by atoms with Gasteiger partial charge in [-0.3, -0.25) is 4.55 Å². The normalized spacial score (nSPS) is 11.6. The summed E-state index contributed by atoms with van der Waals surface area (Å²) in [7, 11) is -4.06. The van der Waals surface area contributed by atoms with Crippen molar-refractivity contribution in [2.75, 3.05) is 5.75 Å². The largest absolute Gasteiger partial charge is 0.286 e. The molecule has 0 saturated carbocycles. The minimum absolute atomic E-state index is 0.0576. The van der Waals surface area contributed by atoms with Gasteiger partial charge in [0, 0.05) is 0 Å². The summed E-state index contributed by atoms with van der Waals surface area (Å²) < 4.78 is 42.4. The summed E-state index contributed by atoms with van der Waals surface area (Å²) in [6, 6.07) is 4.31. The Hall–Kier alpha value is -0.650. The van der Waals surface area contributed by atoms with Crippen molar-refractivity contribution in [2.45, 2.75) is 6.42 Å². The highest BCUT2D eigenvalue weighted by atomic mass is 35.5. The first-order chi connectivity index (χ1) is 6.40. The number of benzene rings is 1. The van der Waals surface area contributed by atoms with Crippen molar-refractivity contribution >= 4 is 21.7 Å². The molecule has 0 saturated heterocycles. The van der Waals surface area contributed by atoms with Crippen molar-refractivity contribution in [1.29, 1.82) is 0 Å². The van der Waals surface area contributed by atoms with Crippen LogP contribution in [0.25, 0.3) is 0 Å². The first-order valence-electron chi connectivity index (χ1n) is 3.78. The van der Waals surface area contributed by atoms with Crippen LogP contribution in [0.3, 0.4) is 0 Å². The van der Waals surface area contributed by atoms with E-state index in [1.807, 2.05) is 0 Å². The maximum atomic E-state index is 13.2. The van der Waals surface area contributed by atoms with E-state index >= 15 is 0 Å². The van der Waals surface area contributed by atoms with E-state index in [1.165, 1.54) is 18.2 Å². The SMILES string of the molecule is O=S(=O)(O)CCc1cccc(Cl)c1F. The number of halogens is 2. The molecule has 14 heavy (non-hydrogen) atoms. The van der Waals surface area contributed by atoms with E-state index in [4.69, 9.17) is 16.2 Å². The molecule has 1 rings (SSSR count). The molecule has 0 aromatic heterocycles. The number of aryl methyl sites for hydroxylation is 1. The Kier molecular flexibility index (Phi) is 3.47. The molecule has 0 fully saturated rings.